The zero-order valence-electron chi connectivity index (χ0n) is 14.0. The van der Waals surface area contributed by atoms with Crippen LogP contribution >= 0.6 is 23.2 Å². The van der Waals surface area contributed by atoms with Crippen LogP contribution in [0.5, 0.6) is 0 Å². The fourth-order valence-corrected chi connectivity index (χ4v) is 4.82. The Hall–Kier alpha value is -0.360. The van der Waals surface area contributed by atoms with Gasteiger partial charge in [0.2, 0.25) is 0 Å². The number of halogens is 2. The zero-order valence-corrected chi connectivity index (χ0v) is 15.5. The van der Waals surface area contributed by atoms with Crippen LogP contribution in [-0.4, -0.2) is 54.6 Å². The molecule has 134 valence electrons. The predicted octanol–water partition coefficient (Wildman–Crippen LogP) is 3.51. The monoisotopic (exact) mass is 373 g/mol. The SMILES string of the molecule is CO[C@@]12CC[C@@H](OCCO)C[C@@H]1N(Cc1cc(Cl)cc(Cl)c1)CC2. The first-order valence-corrected chi connectivity index (χ1v) is 9.28. The number of rotatable bonds is 6. The maximum absolute atomic E-state index is 8.99. The molecule has 24 heavy (non-hydrogen) atoms. The summed E-state index contributed by atoms with van der Waals surface area (Å²) in [5.74, 6) is 0. The Labute approximate surface area is 153 Å². The summed E-state index contributed by atoms with van der Waals surface area (Å²) in [7, 11) is 1.82. The maximum Gasteiger partial charge on any atom is 0.0847 e. The van der Waals surface area contributed by atoms with Crippen molar-refractivity contribution in [2.24, 2.45) is 0 Å². The molecule has 1 aliphatic heterocycles. The minimum Gasteiger partial charge on any atom is -0.394 e. The Balaban J connectivity index is 1.73. The quantitative estimate of drug-likeness (QED) is 0.828. The van der Waals surface area contributed by atoms with Crippen LogP contribution in [0, 0.1) is 0 Å². The molecule has 1 saturated heterocycles. The van der Waals surface area contributed by atoms with Crippen LogP contribution < -0.4 is 0 Å². The van der Waals surface area contributed by atoms with Crippen molar-refractivity contribution in [3.05, 3.63) is 33.8 Å². The Morgan fingerprint density at radius 3 is 2.67 bits per heavy atom. The van der Waals surface area contributed by atoms with Crippen LogP contribution in [0.1, 0.15) is 31.2 Å². The van der Waals surface area contributed by atoms with Gasteiger partial charge in [-0.2, -0.15) is 0 Å². The van der Waals surface area contributed by atoms with E-state index in [1.807, 2.05) is 19.2 Å². The number of aliphatic hydroxyl groups excluding tert-OH is 1. The van der Waals surface area contributed by atoms with Crippen molar-refractivity contribution in [2.75, 3.05) is 26.9 Å². The van der Waals surface area contributed by atoms with E-state index in [1.54, 1.807) is 6.07 Å². The van der Waals surface area contributed by atoms with Crippen molar-refractivity contribution in [1.82, 2.24) is 4.90 Å². The number of aliphatic hydroxyl groups is 1. The molecule has 2 fully saturated rings. The number of nitrogens with zero attached hydrogens (tertiary/aromatic N) is 1. The van der Waals surface area contributed by atoms with Crippen molar-refractivity contribution >= 4 is 23.2 Å². The lowest BCUT2D eigenvalue weighted by Gasteiger charge is -2.43. The highest BCUT2D eigenvalue weighted by Crippen LogP contribution is 2.43. The second kappa shape index (κ2) is 7.90. The molecule has 1 saturated carbocycles. The van der Waals surface area contributed by atoms with Crippen LogP contribution in [0.25, 0.3) is 0 Å². The van der Waals surface area contributed by atoms with E-state index < -0.39 is 0 Å². The number of hydrogen-bond acceptors (Lipinski definition) is 4. The highest BCUT2D eigenvalue weighted by atomic mass is 35.5. The third-order valence-electron chi connectivity index (χ3n) is 5.41. The average Bonchev–Trinajstić information content (AvgIpc) is 2.90. The number of hydrogen-bond donors (Lipinski definition) is 1. The first-order valence-electron chi connectivity index (χ1n) is 8.53. The fourth-order valence-electron chi connectivity index (χ4n) is 4.25. The Kier molecular flexibility index (Phi) is 6.07. The summed E-state index contributed by atoms with van der Waals surface area (Å²) in [6.45, 7) is 2.28. The molecule has 0 bridgehead atoms. The lowest BCUT2D eigenvalue weighted by molar-refractivity contribution is -0.104. The Bertz CT molecular complexity index is 551. The molecule has 6 heteroatoms. The number of benzene rings is 1. The highest BCUT2D eigenvalue weighted by molar-refractivity contribution is 6.34. The topological polar surface area (TPSA) is 41.9 Å². The van der Waals surface area contributed by atoms with Gasteiger partial charge in [-0.3, -0.25) is 4.90 Å². The molecule has 2 aliphatic rings. The summed E-state index contributed by atoms with van der Waals surface area (Å²) in [4.78, 5) is 2.46. The molecule has 1 aliphatic carbocycles. The predicted molar refractivity (Wildman–Crippen MR) is 95.7 cm³/mol. The van der Waals surface area contributed by atoms with Crippen LogP contribution in [0.15, 0.2) is 18.2 Å². The molecule has 1 N–H and O–H groups in total. The van der Waals surface area contributed by atoms with Crippen LogP contribution in [0.4, 0.5) is 0 Å². The van der Waals surface area contributed by atoms with Gasteiger partial charge in [-0.1, -0.05) is 23.2 Å². The number of ether oxygens (including phenoxy) is 2. The summed E-state index contributed by atoms with van der Waals surface area (Å²) in [6, 6.07) is 6.03. The van der Waals surface area contributed by atoms with Gasteiger partial charge < -0.3 is 14.6 Å². The van der Waals surface area contributed by atoms with Crippen molar-refractivity contribution in [3.8, 4) is 0 Å². The summed E-state index contributed by atoms with van der Waals surface area (Å²) in [5.41, 5.74) is 1.04. The minimum absolute atomic E-state index is 0.0707. The normalized spacial score (nSPS) is 30.5. The molecule has 1 heterocycles. The largest absolute Gasteiger partial charge is 0.394 e. The molecule has 3 atom stereocenters. The summed E-state index contributed by atoms with van der Waals surface area (Å²) < 4.78 is 11.8. The Morgan fingerprint density at radius 1 is 1.25 bits per heavy atom. The van der Waals surface area contributed by atoms with E-state index >= 15 is 0 Å². The van der Waals surface area contributed by atoms with E-state index in [1.165, 1.54) is 0 Å². The average molecular weight is 374 g/mol. The van der Waals surface area contributed by atoms with E-state index in [0.29, 0.717) is 22.7 Å². The molecule has 1 aromatic carbocycles. The number of likely N-dealkylation sites (tertiary alicyclic amines) is 1. The van der Waals surface area contributed by atoms with Crippen molar-refractivity contribution in [3.63, 3.8) is 0 Å². The van der Waals surface area contributed by atoms with Crippen LogP contribution in [-0.2, 0) is 16.0 Å². The van der Waals surface area contributed by atoms with Gasteiger partial charge in [0.25, 0.3) is 0 Å². The standard InChI is InChI=1S/C18H25Cl2NO3/c1-23-18-3-2-16(24-7-6-22)11-17(18)21(5-4-18)12-13-8-14(19)10-15(20)9-13/h8-10,16-17,22H,2-7,11-12H2,1H3/t16-,17+,18-/m1/s1. The lowest BCUT2D eigenvalue weighted by atomic mass is 9.79. The van der Waals surface area contributed by atoms with E-state index in [9.17, 15) is 0 Å². The van der Waals surface area contributed by atoms with Gasteiger partial charge in [0.15, 0.2) is 0 Å². The van der Waals surface area contributed by atoms with Gasteiger partial charge in [0.1, 0.15) is 0 Å². The van der Waals surface area contributed by atoms with E-state index in [0.717, 1.165) is 44.3 Å². The van der Waals surface area contributed by atoms with Gasteiger partial charge in [-0.05, 0) is 49.4 Å². The molecule has 4 nitrogen and oxygen atoms in total. The molecule has 0 spiro atoms. The highest BCUT2D eigenvalue weighted by Gasteiger charge is 2.51. The molecule has 1 aromatic rings. The third-order valence-corrected chi connectivity index (χ3v) is 5.84. The summed E-state index contributed by atoms with van der Waals surface area (Å²) in [5, 5.41) is 10.3. The van der Waals surface area contributed by atoms with Crippen molar-refractivity contribution < 1.29 is 14.6 Å². The van der Waals surface area contributed by atoms with Gasteiger partial charge in [-0.15, -0.1) is 0 Å². The first kappa shape index (κ1) is 18.4. The van der Waals surface area contributed by atoms with Crippen molar-refractivity contribution in [1.29, 1.82) is 0 Å². The van der Waals surface area contributed by atoms with E-state index in [4.69, 9.17) is 37.8 Å². The Morgan fingerprint density at radius 2 is 2.00 bits per heavy atom. The number of methoxy groups -OCH3 is 1. The van der Waals surface area contributed by atoms with Gasteiger partial charge in [-0.25, -0.2) is 0 Å². The van der Waals surface area contributed by atoms with Gasteiger partial charge in [0, 0.05) is 36.3 Å². The smallest absolute Gasteiger partial charge is 0.0847 e. The van der Waals surface area contributed by atoms with Gasteiger partial charge >= 0.3 is 0 Å². The summed E-state index contributed by atoms with van der Waals surface area (Å²) >= 11 is 12.3. The van der Waals surface area contributed by atoms with Crippen LogP contribution in [0.3, 0.4) is 0 Å². The number of fused-ring (bicyclic) bond motifs is 1. The first-order chi connectivity index (χ1) is 11.6. The zero-order chi connectivity index (χ0) is 17.2. The minimum atomic E-state index is -0.0819. The van der Waals surface area contributed by atoms with Crippen molar-refractivity contribution in [2.45, 2.75) is 50.0 Å². The molecular weight excluding hydrogens is 349 g/mol. The molecular formula is C18H25Cl2NO3. The maximum atomic E-state index is 8.99. The second-order valence-corrected chi connectivity index (χ2v) is 7.65. The summed E-state index contributed by atoms with van der Waals surface area (Å²) in [6.07, 6.45) is 4.14. The van der Waals surface area contributed by atoms with E-state index in [-0.39, 0.29) is 18.3 Å². The lowest BCUT2D eigenvalue weighted by Crippen LogP contribution is -2.51. The second-order valence-electron chi connectivity index (χ2n) is 6.77. The molecule has 0 radical (unpaired) electrons. The van der Waals surface area contributed by atoms with Crippen LogP contribution in [0.2, 0.25) is 10.0 Å². The molecule has 0 unspecified atom stereocenters. The van der Waals surface area contributed by atoms with Gasteiger partial charge in [0.05, 0.1) is 24.9 Å². The molecule has 0 aromatic heterocycles. The fraction of sp³-hybridized carbons (Fsp3) is 0.667. The van der Waals surface area contributed by atoms with E-state index in [2.05, 4.69) is 4.90 Å². The third kappa shape index (κ3) is 3.90. The molecule has 0 amide bonds. The molecule has 3 rings (SSSR count).